The molecule has 0 aliphatic heterocycles. The number of hydrogen-bond donors (Lipinski definition) is 2. The monoisotopic (exact) mass is 570 g/mol. The van der Waals surface area contributed by atoms with Gasteiger partial charge < -0.3 is 34.3 Å². The molecule has 4 aromatic rings. The van der Waals surface area contributed by atoms with Crippen molar-refractivity contribution in [1.29, 1.82) is 0 Å². The number of hydrogen-bond acceptors (Lipinski definition) is 8. The summed E-state index contributed by atoms with van der Waals surface area (Å²) >= 11 is 1.41. The van der Waals surface area contributed by atoms with Gasteiger partial charge >= 0.3 is 12.1 Å². The largest absolute Gasteiger partial charge is 0.453 e. The van der Waals surface area contributed by atoms with Crippen molar-refractivity contribution in [2.24, 2.45) is 7.05 Å². The highest BCUT2D eigenvalue weighted by Crippen LogP contribution is 2.39. The first-order chi connectivity index (χ1) is 19.2. The number of rotatable bonds is 10. The second kappa shape index (κ2) is 12.7. The Labute approximate surface area is 234 Å². The molecule has 0 fully saturated rings. The van der Waals surface area contributed by atoms with Crippen LogP contribution in [0.2, 0.25) is 0 Å². The quantitative estimate of drug-likeness (QED) is 0.263. The Morgan fingerprint density at radius 3 is 2.65 bits per heavy atom. The molecule has 0 spiro atoms. The predicted molar refractivity (Wildman–Crippen MR) is 150 cm³/mol. The Morgan fingerprint density at radius 1 is 1.15 bits per heavy atom. The standard InChI is InChI=1S/C27H31FN6O5S/c1-16(2)31-26(35)32-17-6-7-21(19(28)12-17)39-22-8-9-29-20-13-23(40-24(20)22)25-30-14-18(33(25)3)15-34(10-11-37-4)27(36)38-5/h6-9,12-14,16H,10-11,15H2,1-5H3,(H2,31,32,35). The molecule has 13 heteroatoms. The molecule has 3 amide bonds. The van der Waals surface area contributed by atoms with Crippen LogP contribution in [0.15, 0.2) is 42.7 Å². The molecule has 3 aromatic heterocycles. The average molecular weight is 571 g/mol. The van der Waals surface area contributed by atoms with E-state index in [4.69, 9.17) is 14.2 Å². The normalized spacial score (nSPS) is 11.1. The highest BCUT2D eigenvalue weighted by Gasteiger charge is 2.20. The lowest BCUT2D eigenvalue weighted by atomic mass is 10.3. The van der Waals surface area contributed by atoms with Crippen molar-refractivity contribution in [2.75, 3.05) is 32.7 Å². The van der Waals surface area contributed by atoms with Gasteiger partial charge in [-0.2, -0.15) is 0 Å². The van der Waals surface area contributed by atoms with Gasteiger partial charge in [0.1, 0.15) is 11.6 Å². The minimum atomic E-state index is -0.624. The number of carbonyl (C=O) groups excluding carboxylic acids is 2. The molecule has 3 heterocycles. The van der Waals surface area contributed by atoms with Crippen LogP contribution in [0.3, 0.4) is 0 Å². The maximum atomic E-state index is 14.9. The van der Waals surface area contributed by atoms with E-state index in [1.807, 2.05) is 31.5 Å². The Balaban J connectivity index is 1.55. The maximum Gasteiger partial charge on any atom is 0.409 e. The van der Waals surface area contributed by atoms with Gasteiger partial charge in [0.25, 0.3) is 0 Å². The molecule has 11 nitrogen and oxygen atoms in total. The minimum absolute atomic E-state index is 0.00973. The first-order valence-corrected chi connectivity index (χ1v) is 13.3. The van der Waals surface area contributed by atoms with Gasteiger partial charge in [0.15, 0.2) is 11.6 Å². The fourth-order valence-electron chi connectivity index (χ4n) is 3.90. The van der Waals surface area contributed by atoms with Gasteiger partial charge in [-0.05, 0) is 32.0 Å². The van der Waals surface area contributed by atoms with Crippen molar-refractivity contribution in [1.82, 2.24) is 24.8 Å². The van der Waals surface area contributed by atoms with Gasteiger partial charge in [-0.3, -0.25) is 4.98 Å². The van der Waals surface area contributed by atoms with E-state index in [1.165, 1.54) is 35.5 Å². The van der Waals surface area contributed by atoms with Crippen LogP contribution in [0.4, 0.5) is 19.7 Å². The number of nitrogens with one attached hydrogen (secondary N) is 2. The summed E-state index contributed by atoms with van der Waals surface area (Å²) in [7, 11) is 4.77. The van der Waals surface area contributed by atoms with Gasteiger partial charge in [0.05, 0.1) is 47.2 Å². The number of nitrogens with zero attached hydrogens (tertiary/aromatic N) is 4. The molecule has 0 bridgehead atoms. The molecule has 40 heavy (non-hydrogen) atoms. The summed E-state index contributed by atoms with van der Waals surface area (Å²) < 4.78 is 33.4. The van der Waals surface area contributed by atoms with Crippen molar-refractivity contribution in [3.63, 3.8) is 0 Å². The van der Waals surface area contributed by atoms with Crippen LogP contribution < -0.4 is 15.4 Å². The van der Waals surface area contributed by atoms with Gasteiger partial charge in [-0.25, -0.2) is 19.0 Å². The number of anilines is 1. The van der Waals surface area contributed by atoms with Crippen LogP contribution in [0.5, 0.6) is 11.5 Å². The van der Waals surface area contributed by atoms with Crippen LogP contribution in [-0.4, -0.2) is 65.0 Å². The zero-order valence-corrected chi connectivity index (χ0v) is 23.7. The van der Waals surface area contributed by atoms with E-state index in [2.05, 4.69) is 20.6 Å². The number of ether oxygens (including phenoxy) is 3. The second-order valence-corrected chi connectivity index (χ2v) is 10.2. The Morgan fingerprint density at radius 2 is 1.95 bits per heavy atom. The topological polar surface area (TPSA) is 120 Å². The first kappa shape index (κ1) is 28.8. The van der Waals surface area contributed by atoms with Gasteiger partial charge in [-0.15, -0.1) is 11.3 Å². The molecule has 4 rings (SSSR count). The van der Waals surface area contributed by atoms with Crippen molar-refractivity contribution >= 4 is 39.4 Å². The predicted octanol–water partition coefficient (Wildman–Crippen LogP) is 5.37. The van der Waals surface area contributed by atoms with Gasteiger partial charge in [-0.1, -0.05) is 0 Å². The lowest BCUT2D eigenvalue weighted by molar-refractivity contribution is 0.0995. The molecule has 0 aliphatic rings. The molecular formula is C27H31FN6O5S. The third kappa shape index (κ3) is 6.66. The molecule has 0 radical (unpaired) electrons. The maximum absolute atomic E-state index is 14.9. The zero-order chi connectivity index (χ0) is 28.8. The van der Waals surface area contributed by atoms with Crippen molar-refractivity contribution in [3.8, 4) is 22.2 Å². The number of thiophene rings is 1. The number of fused-ring (bicyclic) bond motifs is 1. The molecule has 0 aliphatic carbocycles. The summed E-state index contributed by atoms with van der Waals surface area (Å²) in [5, 5.41) is 5.28. The fourth-order valence-corrected chi connectivity index (χ4v) is 4.99. The summed E-state index contributed by atoms with van der Waals surface area (Å²) in [6.45, 7) is 4.70. The summed E-state index contributed by atoms with van der Waals surface area (Å²) in [5.41, 5.74) is 1.78. The van der Waals surface area contributed by atoms with Crippen LogP contribution >= 0.6 is 11.3 Å². The van der Waals surface area contributed by atoms with E-state index in [0.29, 0.717) is 42.5 Å². The van der Waals surface area contributed by atoms with E-state index in [1.54, 1.807) is 31.6 Å². The lowest BCUT2D eigenvalue weighted by Crippen LogP contribution is -2.34. The van der Waals surface area contributed by atoms with Crippen LogP contribution in [0.25, 0.3) is 20.9 Å². The Bertz CT molecular complexity index is 1500. The third-order valence-electron chi connectivity index (χ3n) is 5.86. The SMILES string of the molecule is COCCN(Cc1cnc(-c2cc3nccc(Oc4ccc(NC(=O)NC(C)C)cc4F)c3s2)n1C)C(=O)OC. The molecule has 0 saturated heterocycles. The fraction of sp³-hybridized carbons (Fsp3) is 0.333. The lowest BCUT2D eigenvalue weighted by Gasteiger charge is -2.20. The number of aromatic nitrogens is 3. The summed E-state index contributed by atoms with van der Waals surface area (Å²) in [6.07, 6.45) is 2.84. The van der Waals surface area contributed by atoms with E-state index in [9.17, 15) is 14.0 Å². The van der Waals surface area contributed by atoms with Crippen LogP contribution in [0, 0.1) is 5.82 Å². The number of amides is 3. The highest BCUT2D eigenvalue weighted by atomic mass is 32.1. The van der Waals surface area contributed by atoms with Crippen molar-refractivity contribution in [2.45, 2.75) is 26.4 Å². The van der Waals surface area contributed by atoms with Crippen LogP contribution in [-0.2, 0) is 23.1 Å². The van der Waals surface area contributed by atoms with Crippen LogP contribution in [0.1, 0.15) is 19.5 Å². The van der Waals surface area contributed by atoms with Crippen molar-refractivity contribution < 1.29 is 28.2 Å². The number of methoxy groups -OCH3 is 2. The number of carbonyl (C=O) groups is 2. The summed E-state index contributed by atoms with van der Waals surface area (Å²) in [6, 6.07) is 7.31. The van der Waals surface area contributed by atoms with E-state index < -0.39 is 17.9 Å². The first-order valence-electron chi connectivity index (χ1n) is 12.5. The number of urea groups is 1. The smallest absolute Gasteiger partial charge is 0.409 e. The van der Waals surface area contributed by atoms with E-state index in [-0.39, 0.29) is 11.8 Å². The molecule has 2 N–H and O–H groups in total. The van der Waals surface area contributed by atoms with Gasteiger partial charge in [0.2, 0.25) is 0 Å². The Hall–Kier alpha value is -4.23. The molecule has 0 unspecified atom stereocenters. The second-order valence-electron chi connectivity index (χ2n) is 9.15. The Kier molecular flexibility index (Phi) is 9.17. The molecule has 0 saturated carbocycles. The number of imidazole rings is 1. The van der Waals surface area contributed by atoms with E-state index >= 15 is 0 Å². The number of halogens is 1. The van der Waals surface area contributed by atoms with Gasteiger partial charge in [0, 0.05) is 50.8 Å². The number of pyridine rings is 1. The molecule has 1 aromatic carbocycles. The average Bonchev–Trinajstić information content (AvgIpc) is 3.50. The third-order valence-corrected chi connectivity index (χ3v) is 7.00. The minimum Gasteiger partial charge on any atom is -0.453 e. The van der Waals surface area contributed by atoms with E-state index in [0.717, 1.165) is 15.3 Å². The molecule has 0 atom stereocenters. The molecular weight excluding hydrogens is 539 g/mol. The van der Waals surface area contributed by atoms with Crippen molar-refractivity contribution in [3.05, 3.63) is 54.2 Å². The summed E-state index contributed by atoms with van der Waals surface area (Å²) in [4.78, 5) is 35.5. The molecule has 212 valence electrons. The highest BCUT2D eigenvalue weighted by molar-refractivity contribution is 7.22. The number of benzene rings is 1. The zero-order valence-electron chi connectivity index (χ0n) is 22.9. The summed E-state index contributed by atoms with van der Waals surface area (Å²) in [5.74, 6) is 0.503.